The molecule has 1 heterocycles. The molecule has 1 aliphatic heterocycles. The van der Waals surface area contributed by atoms with Crippen LogP contribution in [0.4, 0.5) is 0 Å². The number of methoxy groups -OCH3 is 1. The Labute approximate surface area is 122 Å². The van der Waals surface area contributed by atoms with Crippen LogP contribution in [0.5, 0.6) is 23.0 Å². The highest BCUT2D eigenvalue weighted by Crippen LogP contribution is 2.42. The number of hydrogen-bond donors (Lipinski definition) is 3. The Hall–Kier alpha value is -2.40. The van der Waals surface area contributed by atoms with Crippen molar-refractivity contribution in [1.82, 2.24) is 0 Å². The quantitative estimate of drug-likeness (QED) is 0.789. The Kier molecular flexibility index (Phi) is 3.35. The van der Waals surface area contributed by atoms with Crippen molar-refractivity contribution in [3.05, 3.63) is 47.5 Å². The van der Waals surface area contributed by atoms with Gasteiger partial charge in [0.15, 0.2) is 17.6 Å². The predicted octanol–water partition coefficient (Wildman–Crippen LogP) is 2.14. The van der Waals surface area contributed by atoms with E-state index < -0.39 is 12.2 Å². The molecular formula is C16H16O5. The summed E-state index contributed by atoms with van der Waals surface area (Å²) in [6.45, 7) is 0. The number of phenolic OH excluding ortho intramolecular Hbond substituents is 2. The Balaban J connectivity index is 1.99. The molecule has 21 heavy (non-hydrogen) atoms. The third kappa shape index (κ3) is 2.36. The third-order valence-corrected chi connectivity index (χ3v) is 3.64. The zero-order chi connectivity index (χ0) is 15.0. The van der Waals surface area contributed by atoms with E-state index in [1.54, 1.807) is 30.3 Å². The molecule has 1 aliphatic rings. The maximum absolute atomic E-state index is 10.3. The van der Waals surface area contributed by atoms with Crippen LogP contribution < -0.4 is 9.47 Å². The molecule has 2 atom stereocenters. The predicted molar refractivity (Wildman–Crippen MR) is 75.8 cm³/mol. The number of phenols is 2. The molecule has 5 nitrogen and oxygen atoms in total. The van der Waals surface area contributed by atoms with Crippen molar-refractivity contribution in [3.63, 3.8) is 0 Å². The molecular weight excluding hydrogens is 272 g/mol. The fraction of sp³-hybridized carbons (Fsp3) is 0.250. The number of para-hydroxylation sites is 1. The van der Waals surface area contributed by atoms with Crippen LogP contribution in [0.3, 0.4) is 0 Å². The van der Waals surface area contributed by atoms with Crippen molar-refractivity contribution in [2.45, 2.75) is 18.6 Å². The number of rotatable bonds is 2. The molecule has 3 N–H and O–H groups in total. The molecule has 0 unspecified atom stereocenters. The first-order chi connectivity index (χ1) is 10.1. The van der Waals surface area contributed by atoms with E-state index in [1.165, 1.54) is 13.2 Å². The number of benzene rings is 2. The molecule has 0 fully saturated rings. The lowest BCUT2D eigenvalue weighted by molar-refractivity contribution is 0.0192. The van der Waals surface area contributed by atoms with Gasteiger partial charge in [-0.3, -0.25) is 0 Å². The van der Waals surface area contributed by atoms with Gasteiger partial charge >= 0.3 is 0 Å². The lowest BCUT2D eigenvalue weighted by Gasteiger charge is -2.31. The second kappa shape index (κ2) is 5.18. The normalized spacial score (nSPS) is 20.5. The van der Waals surface area contributed by atoms with Gasteiger partial charge in [-0.1, -0.05) is 18.2 Å². The Morgan fingerprint density at radius 2 is 1.90 bits per heavy atom. The van der Waals surface area contributed by atoms with Gasteiger partial charge in [0.1, 0.15) is 11.5 Å². The van der Waals surface area contributed by atoms with Crippen LogP contribution in [-0.4, -0.2) is 28.5 Å². The summed E-state index contributed by atoms with van der Waals surface area (Å²) in [6.07, 6.45) is -1.11. The largest absolute Gasteiger partial charge is 0.508 e. The molecule has 2 aromatic carbocycles. The molecule has 0 saturated heterocycles. The van der Waals surface area contributed by atoms with Crippen molar-refractivity contribution >= 4 is 0 Å². The first kappa shape index (κ1) is 13.6. The molecule has 0 bridgehead atoms. The van der Waals surface area contributed by atoms with Gasteiger partial charge in [0, 0.05) is 23.6 Å². The molecule has 0 saturated carbocycles. The van der Waals surface area contributed by atoms with Gasteiger partial charge in [-0.2, -0.15) is 0 Å². The maximum Gasteiger partial charge on any atom is 0.161 e. The molecule has 0 spiro atoms. The highest BCUT2D eigenvalue weighted by Gasteiger charge is 2.32. The standard InChI is InChI=1S/C16H16O5/c1-20-15-7-9-6-13(19)16(21-14(9)8-12(15)18)10-4-2-3-5-11(10)17/h2-5,7-8,13,16-19H,6H2,1H3/t13-,16+/m0/s1. The smallest absolute Gasteiger partial charge is 0.161 e. The minimum Gasteiger partial charge on any atom is -0.508 e. The fourth-order valence-corrected chi connectivity index (χ4v) is 2.57. The molecule has 2 aromatic rings. The Morgan fingerprint density at radius 1 is 1.14 bits per heavy atom. The van der Waals surface area contributed by atoms with E-state index in [0.717, 1.165) is 5.56 Å². The second-order valence-electron chi connectivity index (χ2n) is 5.00. The number of aliphatic hydroxyl groups is 1. The molecule has 3 rings (SSSR count). The summed E-state index contributed by atoms with van der Waals surface area (Å²) in [7, 11) is 1.46. The van der Waals surface area contributed by atoms with Gasteiger partial charge < -0.3 is 24.8 Å². The van der Waals surface area contributed by atoms with Crippen LogP contribution in [0.15, 0.2) is 36.4 Å². The maximum atomic E-state index is 10.3. The zero-order valence-corrected chi connectivity index (χ0v) is 11.5. The molecule has 5 heteroatoms. The van der Waals surface area contributed by atoms with Crippen LogP contribution in [0, 0.1) is 0 Å². The average molecular weight is 288 g/mol. The third-order valence-electron chi connectivity index (χ3n) is 3.64. The van der Waals surface area contributed by atoms with Crippen LogP contribution in [0.1, 0.15) is 17.2 Å². The van der Waals surface area contributed by atoms with Crippen LogP contribution in [0.2, 0.25) is 0 Å². The van der Waals surface area contributed by atoms with Gasteiger partial charge in [-0.05, 0) is 12.1 Å². The summed E-state index contributed by atoms with van der Waals surface area (Å²) >= 11 is 0. The van der Waals surface area contributed by atoms with Crippen LogP contribution >= 0.6 is 0 Å². The monoisotopic (exact) mass is 288 g/mol. The number of aromatic hydroxyl groups is 2. The van der Waals surface area contributed by atoms with Gasteiger partial charge in [0.05, 0.1) is 13.2 Å². The van der Waals surface area contributed by atoms with E-state index in [2.05, 4.69) is 0 Å². The zero-order valence-electron chi connectivity index (χ0n) is 11.5. The molecule has 110 valence electrons. The van der Waals surface area contributed by atoms with E-state index in [-0.39, 0.29) is 11.5 Å². The number of hydrogen-bond acceptors (Lipinski definition) is 5. The Bertz CT molecular complexity index is 668. The molecule has 0 aliphatic carbocycles. The van der Waals surface area contributed by atoms with Gasteiger partial charge in [0.25, 0.3) is 0 Å². The summed E-state index contributed by atoms with van der Waals surface area (Å²) in [6, 6.07) is 9.84. The number of ether oxygens (including phenoxy) is 2. The highest BCUT2D eigenvalue weighted by atomic mass is 16.5. The summed E-state index contributed by atoms with van der Waals surface area (Å²) in [5.41, 5.74) is 1.27. The van der Waals surface area contributed by atoms with Crippen molar-refractivity contribution in [1.29, 1.82) is 0 Å². The van der Waals surface area contributed by atoms with E-state index >= 15 is 0 Å². The highest BCUT2D eigenvalue weighted by molar-refractivity contribution is 5.51. The van der Waals surface area contributed by atoms with Crippen molar-refractivity contribution in [2.24, 2.45) is 0 Å². The summed E-state index contributed by atoms with van der Waals surface area (Å²) in [5, 5.41) is 30.0. The second-order valence-corrected chi connectivity index (χ2v) is 5.00. The number of fused-ring (bicyclic) bond motifs is 1. The fourth-order valence-electron chi connectivity index (χ4n) is 2.57. The SMILES string of the molecule is COc1cc2c(cc1O)O[C@H](c1ccccc1O)[C@@H](O)C2. The van der Waals surface area contributed by atoms with Gasteiger partial charge in [0.2, 0.25) is 0 Å². The lowest BCUT2D eigenvalue weighted by atomic mass is 9.94. The Morgan fingerprint density at radius 3 is 2.62 bits per heavy atom. The first-order valence-corrected chi connectivity index (χ1v) is 6.62. The summed E-state index contributed by atoms with van der Waals surface area (Å²) in [4.78, 5) is 0. The van der Waals surface area contributed by atoms with Crippen LogP contribution in [0.25, 0.3) is 0 Å². The lowest BCUT2D eigenvalue weighted by Crippen LogP contribution is -2.30. The molecule has 0 radical (unpaired) electrons. The summed E-state index contributed by atoms with van der Waals surface area (Å²) in [5.74, 6) is 0.865. The minimum absolute atomic E-state index is 0.0244. The van der Waals surface area contributed by atoms with Crippen LogP contribution in [-0.2, 0) is 6.42 Å². The van der Waals surface area contributed by atoms with Crippen molar-refractivity contribution < 1.29 is 24.8 Å². The first-order valence-electron chi connectivity index (χ1n) is 6.62. The van der Waals surface area contributed by atoms with E-state index in [9.17, 15) is 15.3 Å². The molecule has 0 aromatic heterocycles. The van der Waals surface area contributed by atoms with Crippen molar-refractivity contribution in [3.8, 4) is 23.0 Å². The van der Waals surface area contributed by atoms with Gasteiger partial charge in [-0.25, -0.2) is 0 Å². The van der Waals surface area contributed by atoms with E-state index in [0.29, 0.717) is 23.5 Å². The average Bonchev–Trinajstić information content (AvgIpc) is 2.47. The van der Waals surface area contributed by atoms with E-state index in [4.69, 9.17) is 9.47 Å². The molecule has 0 amide bonds. The van der Waals surface area contributed by atoms with E-state index in [1.807, 2.05) is 0 Å². The van der Waals surface area contributed by atoms with Crippen molar-refractivity contribution in [2.75, 3.05) is 7.11 Å². The van der Waals surface area contributed by atoms with Gasteiger partial charge in [-0.15, -0.1) is 0 Å². The minimum atomic E-state index is -0.792. The number of aliphatic hydroxyl groups excluding tert-OH is 1. The topological polar surface area (TPSA) is 79.2 Å². The summed E-state index contributed by atoms with van der Waals surface area (Å²) < 4.78 is 10.8.